The van der Waals surface area contributed by atoms with Crippen LogP contribution in [0.25, 0.3) is 0 Å². The number of aryl methyl sites for hydroxylation is 1. The van der Waals surface area contributed by atoms with Crippen LogP contribution in [0.4, 0.5) is 0 Å². The predicted molar refractivity (Wildman–Crippen MR) is 82.5 cm³/mol. The Morgan fingerprint density at radius 2 is 2.10 bits per heavy atom. The maximum absolute atomic E-state index is 12.1. The van der Waals surface area contributed by atoms with Gasteiger partial charge in [0, 0.05) is 11.7 Å². The Kier molecular flexibility index (Phi) is 6.79. The maximum atomic E-state index is 12.1. The summed E-state index contributed by atoms with van der Waals surface area (Å²) in [7, 11) is 0. The lowest BCUT2D eigenvalue weighted by Crippen LogP contribution is -2.36. The number of nitrogens with one attached hydrogen (secondary N) is 2. The van der Waals surface area contributed by atoms with Crippen LogP contribution >= 0.6 is 11.6 Å². The molecule has 0 bridgehead atoms. The average molecular weight is 299 g/mol. The molecule has 0 spiro atoms. The van der Waals surface area contributed by atoms with E-state index >= 15 is 0 Å². The van der Waals surface area contributed by atoms with Gasteiger partial charge in [0.1, 0.15) is 5.56 Å². The molecule has 0 unspecified atom stereocenters. The van der Waals surface area contributed by atoms with Crippen LogP contribution in [-0.2, 0) is 6.42 Å². The molecule has 0 aliphatic carbocycles. The van der Waals surface area contributed by atoms with Crippen LogP contribution in [0.15, 0.2) is 10.9 Å². The van der Waals surface area contributed by atoms with E-state index in [1.54, 1.807) is 0 Å². The molecule has 5 heteroatoms. The molecule has 0 radical (unpaired) electrons. The fourth-order valence-electron chi connectivity index (χ4n) is 2.04. The van der Waals surface area contributed by atoms with E-state index < -0.39 is 0 Å². The van der Waals surface area contributed by atoms with E-state index in [0.717, 1.165) is 25.7 Å². The number of H-pyrrole nitrogens is 1. The molecular weight excluding hydrogens is 276 g/mol. The summed E-state index contributed by atoms with van der Waals surface area (Å²) < 4.78 is 0. The topological polar surface area (TPSA) is 62.0 Å². The molecule has 0 aliphatic rings. The summed E-state index contributed by atoms with van der Waals surface area (Å²) in [4.78, 5) is 26.6. The van der Waals surface area contributed by atoms with Crippen LogP contribution in [0, 0.1) is 0 Å². The van der Waals surface area contributed by atoms with Crippen molar-refractivity contribution in [1.82, 2.24) is 10.3 Å². The van der Waals surface area contributed by atoms with Crippen molar-refractivity contribution in [2.45, 2.75) is 58.9 Å². The standard InChI is InChI=1S/C15H23ClN2O2/c1-4-6-7-8-10(3)17-14(19)11-9-12(16)13(5-2)18-15(11)20/h9-10H,4-8H2,1-3H3,(H,17,19)(H,18,20)/t10-/m0/s1. The Morgan fingerprint density at radius 3 is 2.70 bits per heavy atom. The minimum atomic E-state index is -0.385. The first-order valence-corrected chi connectivity index (χ1v) is 7.59. The number of halogens is 1. The summed E-state index contributed by atoms with van der Waals surface area (Å²) in [6.45, 7) is 5.98. The van der Waals surface area contributed by atoms with Crippen molar-refractivity contribution in [2.75, 3.05) is 0 Å². The van der Waals surface area contributed by atoms with E-state index in [0.29, 0.717) is 17.1 Å². The van der Waals surface area contributed by atoms with Gasteiger partial charge in [-0.05, 0) is 25.8 Å². The van der Waals surface area contributed by atoms with Gasteiger partial charge in [0.25, 0.3) is 11.5 Å². The first kappa shape index (κ1) is 16.8. The Morgan fingerprint density at radius 1 is 1.40 bits per heavy atom. The first-order chi connectivity index (χ1) is 9.49. The van der Waals surface area contributed by atoms with E-state index in [-0.39, 0.29) is 23.1 Å². The minimum Gasteiger partial charge on any atom is -0.349 e. The van der Waals surface area contributed by atoms with Gasteiger partial charge in [0.05, 0.1) is 5.02 Å². The molecule has 1 amide bonds. The number of hydrogen-bond acceptors (Lipinski definition) is 2. The third-order valence-electron chi connectivity index (χ3n) is 3.28. The quantitative estimate of drug-likeness (QED) is 0.759. The molecule has 0 fully saturated rings. The van der Waals surface area contributed by atoms with Gasteiger partial charge in [0.2, 0.25) is 0 Å². The molecule has 1 atom stereocenters. The fourth-order valence-corrected chi connectivity index (χ4v) is 2.33. The number of pyridine rings is 1. The van der Waals surface area contributed by atoms with Crippen LogP contribution in [0.3, 0.4) is 0 Å². The highest BCUT2D eigenvalue weighted by atomic mass is 35.5. The zero-order valence-corrected chi connectivity index (χ0v) is 13.1. The van der Waals surface area contributed by atoms with E-state index in [2.05, 4.69) is 17.2 Å². The average Bonchev–Trinajstić information content (AvgIpc) is 2.41. The zero-order chi connectivity index (χ0) is 15.1. The van der Waals surface area contributed by atoms with Crippen molar-refractivity contribution in [3.63, 3.8) is 0 Å². The molecule has 1 rings (SSSR count). The third kappa shape index (κ3) is 4.67. The number of unbranched alkanes of at least 4 members (excludes halogenated alkanes) is 2. The van der Waals surface area contributed by atoms with E-state index in [1.807, 2.05) is 13.8 Å². The second-order valence-corrected chi connectivity index (χ2v) is 5.47. The van der Waals surface area contributed by atoms with E-state index in [1.165, 1.54) is 6.07 Å². The van der Waals surface area contributed by atoms with Crippen molar-refractivity contribution in [3.8, 4) is 0 Å². The summed E-state index contributed by atoms with van der Waals surface area (Å²) in [5, 5.41) is 3.27. The second-order valence-electron chi connectivity index (χ2n) is 5.06. The van der Waals surface area contributed by atoms with Crippen molar-refractivity contribution >= 4 is 17.5 Å². The van der Waals surface area contributed by atoms with Crippen molar-refractivity contribution in [2.24, 2.45) is 0 Å². The minimum absolute atomic E-state index is 0.0538. The van der Waals surface area contributed by atoms with Gasteiger partial charge in [-0.15, -0.1) is 0 Å². The normalized spacial score (nSPS) is 12.2. The summed E-state index contributed by atoms with van der Waals surface area (Å²) in [6.07, 6.45) is 4.91. The molecule has 1 aromatic rings. The van der Waals surface area contributed by atoms with Gasteiger partial charge in [-0.2, -0.15) is 0 Å². The van der Waals surface area contributed by atoms with Crippen molar-refractivity contribution < 1.29 is 4.79 Å². The zero-order valence-electron chi connectivity index (χ0n) is 12.4. The number of aromatic nitrogens is 1. The highest BCUT2D eigenvalue weighted by molar-refractivity contribution is 6.31. The molecular formula is C15H23ClN2O2. The Hall–Kier alpha value is -1.29. The van der Waals surface area contributed by atoms with Crippen molar-refractivity contribution in [3.05, 3.63) is 32.7 Å². The maximum Gasteiger partial charge on any atom is 0.261 e. The lowest BCUT2D eigenvalue weighted by atomic mass is 10.1. The van der Waals surface area contributed by atoms with Crippen LogP contribution in [0.2, 0.25) is 5.02 Å². The molecule has 0 aromatic carbocycles. The lowest BCUT2D eigenvalue weighted by molar-refractivity contribution is 0.0936. The molecule has 1 heterocycles. The summed E-state index contributed by atoms with van der Waals surface area (Å²) >= 11 is 6.03. The third-order valence-corrected chi connectivity index (χ3v) is 3.62. The number of aromatic amines is 1. The number of carbonyl (C=O) groups excluding carboxylic acids is 1. The van der Waals surface area contributed by atoms with Gasteiger partial charge in [-0.3, -0.25) is 9.59 Å². The molecule has 1 aromatic heterocycles. The Bertz CT molecular complexity index is 511. The molecule has 0 saturated heterocycles. The van der Waals surface area contributed by atoms with Gasteiger partial charge in [-0.1, -0.05) is 44.7 Å². The molecule has 2 N–H and O–H groups in total. The second kappa shape index (κ2) is 8.10. The van der Waals surface area contributed by atoms with Crippen molar-refractivity contribution in [1.29, 1.82) is 0 Å². The Labute approximate surface area is 124 Å². The lowest BCUT2D eigenvalue weighted by Gasteiger charge is -2.13. The van der Waals surface area contributed by atoms with Crippen LogP contribution in [-0.4, -0.2) is 16.9 Å². The Balaban J connectivity index is 2.73. The van der Waals surface area contributed by atoms with E-state index in [9.17, 15) is 9.59 Å². The molecule has 20 heavy (non-hydrogen) atoms. The highest BCUT2D eigenvalue weighted by Gasteiger charge is 2.15. The molecule has 0 saturated carbocycles. The van der Waals surface area contributed by atoms with Gasteiger partial charge in [-0.25, -0.2) is 0 Å². The smallest absolute Gasteiger partial charge is 0.261 e. The van der Waals surface area contributed by atoms with Gasteiger partial charge in [0.15, 0.2) is 0 Å². The largest absolute Gasteiger partial charge is 0.349 e. The SMILES string of the molecule is CCCCC[C@H](C)NC(=O)c1cc(Cl)c(CC)[nH]c1=O. The van der Waals surface area contributed by atoms with E-state index in [4.69, 9.17) is 11.6 Å². The number of carbonyl (C=O) groups is 1. The monoisotopic (exact) mass is 298 g/mol. The van der Waals surface area contributed by atoms with Crippen LogP contribution < -0.4 is 10.9 Å². The number of hydrogen-bond donors (Lipinski definition) is 2. The fraction of sp³-hybridized carbons (Fsp3) is 0.600. The summed E-state index contributed by atoms with van der Waals surface area (Å²) in [6, 6.07) is 1.51. The van der Waals surface area contributed by atoms with Gasteiger partial charge < -0.3 is 10.3 Å². The summed E-state index contributed by atoms with van der Waals surface area (Å²) in [5.74, 6) is -0.361. The summed E-state index contributed by atoms with van der Waals surface area (Å²) in [5.41, 5.74) is 0.350. The predicted octanol–water partition coefficient (Wildman–Crippen LogP) is 3.29. The first-order valence-electron chi connectivity index (χ1n) is 7.22. The van der Waals surface area contributed by atoms with Gasteiger partial charge >= 0.3 is 0 Å². The number of rotatable bonds is 7. The molecule has 112 valence electrons. The van der Waals surface area contributed by atoms with Crippen LogP contribution in [0.1, 0.15) is 62.5 Å². The highest BCUT2D eigenvalue weighted by Crippen LogP contribution is 2.13. The number of amides is 1. The van der Waals surface area contributed by atoms with Crippen LogP contribution in [0.5, 0.6) is 0 Å². The molecule has 4 nitrogen and oxygen atoms in total. The molecule has 0 aliphatic heterocycles.